The minimum Gasteiger partial charge on any atom is -0.360 e. The Kier molecular flexibility index (Phi) is 4.66. The Morgan fingerprint density at radius 2 is 2.00 bits per heavy atom. The van der Waals surface area contributed by atoms with Crippen LogP contribution in [0, 0.1) is 13.8 Å². The van der Waals surface area contributed by atoms with Crippen molar-refractivity contribution in [1.29, 1.82) is 0 Å². The van der Waals surface area contributed by atoms with Crippen LogP contribution in [0.3, 0.4) is 0 Å². The van der Waals surface area contributed by atoms with Crippen LogP contribution >= 0.6 is 11.8 Å². The highest BCUT2D eigenvalue weighted by Crippen LogP contribution is 2.23. The van der Waals surface area contributed by atoms with Gasteiger partial charge in [-0.1, -0.05) is 46.7 Å². The number of nitrogens with one attached hydrogen (secondary N) is 1. The summed E-state index contributed by atoms with van der Waals surface area (Å²) in [5, 5.41) is 15.5. The average molecular weight is 343 g/mol. The lowest BCUT2D eigenvalue weighted by Crippen LogP contribution is -2.14. The minimum absolute atomic E-state index is 0.173. The molecule has 0 saturated carbocycles. The number of hydrogen-bond acceptors (Lipinski definition) is 6. The number of carbonyl (C=O) groups excluding carboxylic acids is 1. The molecule has 2 heterocycles. The summed E-state index contributed by atoms with van der Waals surface area (Å²) in [5.74, 6) is 1.87. The monoisotopic (exact) mass is 343 g/mol. The molecule has 3 aromatic rings. The molecule has 24 heavy (non-hydrogen) atoms. The molecule has 124 valence electrons. The lowest BCUT2D eigenvalue weighted by atomic mass is 10.1. The number of aryl methyl sites for hydroxylation is 2. The summed E-state index contributed by atoms with van der Waals surface area (Å²) in [6.45, 7) is 3.81. The highest BCUT2D eigenvalue weighted by Gasteiger charge is 2.13. The standard InChI is InChI=1S/C16H17N5O2S/c1-10-4-6-12(7-5-10)15-18-19-16(21(15)3)24-9-14(22)17-13-8-11(2)23-20-13/h4-8H,9H2,1-3H3,(H,17,20,22). The van der Waals surface area contributed by atoms with E-state index >= 15 is 0 Å². The van der Waals surface area contributed by atoms with Gasteiger partial charge in [0.2, 0.25) is 5.91 Å². The Hall–Kier alpha value is -2.61. The van der Waals surface area contributed by atoms with Crippen LogP contribution in [-0.2, 0) is 11.8 Å². The maximum atomic E-state index is 11.9. The molecule has 8 heteroatoms. The first-order chi connectivity index (χ1) is 11.5. The summed E-state index contributed by atoms with van der Waals surface area (Å²) in [6.07, 6.45) is 0. The Balaban J connectivity index is 1.63. The number of thioether (sulfide) groups is 1. The number of carbonyl (C=O) groups is 1. The predicted octanol–water partition coefficient (Wildman–Crippen LogP) is 2.82. The van der Waals surface area contributed by atoms with Gasteiger partial charge in [-0.15, -0.1) is 10.2 Å². The molecule has 3 rings (SSSR count). The van der Waals surface area contributed by atoms with Gasteiger partial charge in [0.15, 0.2) is 16.8 Å². The van der Waals surface area contributed by atoms with Crippen molar-refractivity contribution in [3.05, 3.63) is 41.7 Å². The summed E-state index contributed by atoms with van der Waals surface area (Å²) in [4.78, 5) is 11.9. The van der Waals surface area contributed by atoms with E-state index in [4.69, 9.17) is 4.52 Å². The zero-order chi connectivity index (χ0) is 17.1. The summed E-state index contributed by atoms with van der Waals surface area (Å²) in [7, 11) is 1.89. The van der Waals surface area contributed by atoms with Gasteiger partial charge >= 0.3 is 0 Å². The summed E-state index contributed by atoms with van der Waals surface area (Å²) < 4.78 is 6.79. The number of aromatic nitrogens is 4. The van der Waals surface area contributed by atoms with E-state index in [1.54, 1.807) is 13.0 Å². The normalized spacial score (nSPS) is 10.8. The van der Waals surface area contributed by atoms with Gasteiger partial charge in [-0.05, 0) is 13.8 Å². The van der Waals surface area contributed by atoms with Gasteiger partial charge in [0.25, 0.3) is 0 Å². The van der Waals surface area contributed by atoms with Crippen molar-refractivity contribution in [2.24, 2.45) is 7.05 Å². The van der Waals surface area contributed by atoms with E-state index in [-0.39, 0.29) is 11.7 Å². The number of benzene rings is 1. The van der Waals surface area contributed by atoms with Crippen molar-refractivity contribution >= 4 is 23.5 Å². The van der Waals surface area contributed by atoms with Crippen molar-refractivity contribution in [2.45, 2.75) is 19.0 Å². The van der Waals surface area contributed by atoms with E-state index in [2.05, 4.69) is 20.7 Å². The van der Waals surface area contributed by atoms with Crippen molar-refractivity contribution < 1.29 is 9.32 Å². The van der Waals surface area contributed by atoms with Crippen LogP contribution < -0.4 is 5.32 Å². The first kappa shape index (κ1) is 16.3. The molecule has 0 spiro atoms. The van der Waals surface area contributed by atoms with Gasteiger partial charge in [0.1, 0.15) is 5.76 Å². The predicted molar refractivity (Wildman–Crippen MR) is 91.8 cm³/mol. The molecule has 0 bridgehead atoms. The number of amides is 1. The maximum Gasteiger partial charge on any atom is 0.236 e. The molecule has 0 aliphatic rings. The fourth-order valence-electron chi connectivity index (χ4n) is 2.13. The van der Waals surface area contributed by atoms with Gasteiger partial charge in [0, 0.05) is 18.7 Å². The van der Waals surface area contributed by atoms with Crippen molar-refractivity contribution in [1.82, 2.24) is 19.9 Å². The molecule has 7 nitrogen and oxygen atoms in total. The molecule has 1 aromatic carbocycles. The Labute approximate surface area is 143 Å². The van der Waals surface area contributed by atoms with E-state index in [1.165, 1.54) is 17.3 Å². The number of anilines is 1. The van der Waals surface area contributed by atoms with Crippen LogP contribution in [0.2, 0.25) is 0 Å². The van der Waals surface area contributed by atoms with Crippen molar-refractivity contribution in [3.8, 4) is 11.4 Å². The number of nitrogens with zero attached hydrogens (tertiary/aromatic N) is 4. The van der Waals surface area contributed by atoms with Crippen LogP contribution in [0.25, 0.3) is 11.4 Å². The lowest BCUT2D eigenvalue weighted by molar-refractivity contribution is -0.113. The fourth-order valence-corrected chi connectivity index (χ4v) is 2.84. The van der Waals surface area contributed by atoms with E-state index in [0.717, 1.165) is 11.4 Å². The third-order valence-electron chi connectivity index (χ3n) is 3.37. The molecular weight excluding hydrogens is 326 g/mol. The van der Waals surface area contributed by atoms with Gasteiger partial charge in [-0.3, -0.25) is 4.79 Å². The second-order valence-corrected chi connectivity index (χ2v) is 6.33. The molecular formula is C16H17N5O2S. The number of rotatable bonds is 5. The molecule has 0 fully saturated rings. The van der Waals surface area contributed by atoms with Crippen molar-refractivity contribution in [2.75, 3.05) is 11.1 Å². The fraction of sp³-hybridized carbons (Fsp3) is 0.250. The van der Waals surface area contributed by atoms with E-state index in [1.807, 2.05) is 42.8 Å². The summed E-state index contributed by atoms with van der Waals surface area (Å²) >= 11 is 1.32. The van der Waals surface area contributed by atoms with Crippen LogP contribution in [0.5, 0.6) is 0 Å². The first-order valence-corrected chi connectivity index (χ1v) is 8.34. The molecule has 0 aliphatic heterocycles. The van der Waals surface area contributed by atoms with Crippen molar-refractivity contribution in [3.63, 3.8) is 0 Å². The maximum absolute atomic E-state index is 11.9. The van der Waals surface area contributed by atoms with E-state index < -0.39 is 0 Å². The molecule has 0 unspecified atom stereocenters. The Bertz CT molecular complexity index is 854. The summed E-state index contributed by atoms with van der Waals surface area (Å²) in [6, 6.07) is 9.75. The van der Waals surface area contributed by atoms with E-state index in [9.17, 15) is 4.79 Å². The highest BCUT2D eigenvalue weighted by molar-refractivity contribution is 7.99. The zero-order valence-corrected chi connectivity index (χ0v) is 14.4. The molecule has 1 N–H and O–H groups in total. The Morgan fingerprint density at radius 3 is 2.67 bits per heavy atom. The molecule has 2 aromatic heterocycles. The average Bonchev–Trinajstić information content (AvgIpc) is 3.12. The number of hydrogen-bond donors (Lipinski definition) is 1. The van der Waals surface area contributed by atoms with Crippen LogP contribution in [0.4, 0.5) is 5.82 Å². The van der Waals surface area contributed by atoms with Gasteiger partial charge in [-0.2, -0.15) is 0 Å². The summed E-state index contributed by atoms with van der Waals surface area (Å²) in [5.41, 5.74) is 2.18. The first-order valence-electron chi connectivity index (χ1n) is 7.35. The lowest BCUT2D eigenvalue weighted by Gasteiger charge is -2.04. The Morgan fingerprint density at radius 1 is 1.25 bits per heavy atom. The van der Waals surface area contributed by atoms with Crippen LogP contribution in [0.15, 0.2) is 40.0 Å². The highest BCUT2D eigenvalue weighted by atomic mass is 32.2. The van der Waals surface area contributed by atoms with Gasteiger partial charge < -0.3 is 14.4 Å². The smallest absolute Gasteiger partial charge is 0.236 e. The van der Waals surface area contributed by atoms with E-state index in [0.29, 0.717) is 16.7 Å². The topological polar surface area (TPSA) is 85.8 Å². The molecule has 0 aliphatic carbocycles. The van der Waals surface area contributed by atoms with Crippen LogP contribution in [-0.4, -0.2) is 31.6 Å². The van der Waals surface area contributed by atoms with Gasteiger partial charge in [0.05, 0.1) is 5.75 Å². The van der Waals surface area contributed by atoms with Gasteiger partial charge in [-0.25, -0.2) is 0 Å². The molecule has 0 saturated heterocycles. The quantitative estimate of drug-likeness (QED) is 0.717. The second-order valence-electron chi connectivity index (χ2n) is 5.39. The largest absolute Gasteiger partial charge is 0.360 e. The third kappa shape index (κ3) is 3.65. The SMILES string of the molecule is Cc1ccc(-c2nnc(SCC(=O)Nc3cc(C)on3)n2C)cc1. The molecule has 1 amide bonds. The molecule has 0 atom stereocenters. The molecule has 0 radical (unpaired) electrons. The van der Waals surface area contributed by atoms with Crippen LogP contribution in [0.1, 0.15) is 11.3 Å². The second kappa shape index (κ2) is 6.88. The zero-order valence-electron chi connectivity index (χ0n) is 13.6. The third-order valence-corrected chi connectivity index (χ3v) is 4.39. The minimum atomic E-state index is -0.173.